The first kappa shape index (κ1) is 13.4. The van der Waals surface area contributed by atoms with Crippen LogP contribution in [0.3, 0.4) is 0 Å². The Hall–Kier alpha value is -2.07. The fourth-order valence-corrected chi connectivity index (χ4v) is 2.02. The minimum Gasteiger partial charge on any atom is -0.497 e. The highest BCUT2D eigenvalue weighted by Gasteiger charge is 2.07. The highest BCUT2D eigenvalue weighted by Crippen LogP contribution is 2.22. The average molecular weight is 258 g/mol. The van der Waals surface area contributed by atoms with Gasteiger partial charge in [0.15, 0.2) is 0 Å². The summed E-state index contributed by atoms with van der Waals surface area (Å²) >= 11 is 0. The second-order valence-corrected chi connectivity index (χ2v) is 4.50. The van der Waals surface area contributed by atoms with Crippen molar-refractivity contribution in [1.82, 2.24) is 4.90 Å². The number of hydrogen-bond donors (Lipinski definition) is 1. The van der Waals surface area contributed by atoms with E-state index in [1.165, 1.54) is 0 Å². The summed E-state index contributed by atoms with van der Waals surface area (Å²) in [6.07, 6.45) is 0. The molecule has 0 fully saturated rings. The van der Waals surface area contributed by atoms with Crippen LogP contribution in [-0.4, -0.2) is 31.5 Å². The van der Waals surface area contributed by atoms with Crippen molar-refractivity contribution in [3.63, 3.8) is 0 Å². The van der Waals surface area contributed by atoms with Crippen LogP contribution in [0.5, 0.6) is 5.75 Å². The zero-order chi connectivity index (χ0) is 13.8. The number of fused-ring (bicyclic) bond motifs is 1. The molecule has 0 unspecified atom stereocenters. The van der Waals surface area contributed by atoms with Crippen LogP contribution >= 0.6 is 0 Å². The number of rotatable bonds is 4. The molecule has 0 saturated heterocycles. The zero-order valence-corrected chi connectivity index (χ0v) is 11.2. The van der Waals surface area contributed by atoms with Crippen LogP contribution in [0.1, 0.15) is 5.56 Å². The molecule has 100 valence electrons. The second-order valence-electron chi connectivity index (χ2n) is 4.50. The summed E-state index contributed by atoms with van der Waals surface area (Å²) in [5, 5.41) is 2.25. The summed E-state index contributed by atoms with van der Waals surface area (Å²) in [6, 6.07) is 12.1. The largest absolute Gasteiger partial charge is 0.497 e. The Kier molecular flexibility index (Phi) is 4.02. The first-order valence-electron chi connectivity index (χ1n) is 6.14. The molecule has 4 heteroatoms. The molecule has 0 aliphatic heterocycles. The van der Waals surface area contributed by atoms with Crippen LogP contribution in [0.15, 0.2) is 36.4 Å². The van der Waals surface area contributed by atoms with E-state index >= 15 is 0 Å². The molecule has 19 heavy (non-hydrogen) atoms. The minimum absolute atomic E-state index is 0.0429. The number of benzene rings is 2. The predicted octanol–water partition coefficient (Wildman–Crippen LogP) is 1.77. The van der Waals surface area contributed by atoms with Gasteiger partial charge in [-0.1, -0.05) is 18.2 Å². The van der Waals surface area contributed by atoms with E-state index in [2.05, 4.69) is 6.07 Å². The van der Waals surface area contributed by atoms with Crippen molar-refractivity contribution < 1.29 is 9.53 Å². The molecule has 2 rings (SSSR count). The maximum Gasteiger partial charge on any atom is 0.236 e. The lowest BCUT2D eigenvalue weighted by Crippen LogP contribution is -2.32. The van der Waals surface area contributed by atoms with Crippen molar-refractivity contribution in [2.75, 3.05) is 20.7 Å². The minimum atomic E-state index is -0.0603. The van der Waals surface area contributed by atoms with Crippen molar-refractivity contribution in [2.24, 2.45) is 5.73 Å². The molecule has 0 heterocycles. The molecular formula is C15H18N2O2. The van der Waals surface area contributed by atoms with Crippen LogP contribution < -0.4 is 10.5 Å². The van der Waals surface area contributed by atoms with Crippen molar-refractivity contribution in [3.05, 3.63) is 42.0 Å². The van der Waals surface area contributed by atoms with E-state index in [0.717, 1.165) is 22.1 Å². The molecule has 0 radical (unpaired) electrons. The van der Waals surface area contributed by atoms with E-state index in [9.17, 15) is 4.79 Å². The number of methoxy groups -OCH3 is 1. The lowest BCUT2D eigenvalue weighted by Gasteiger charge is -2.16. The molecule has 0 bridgehead atoms. The third-order valence-electron chi connectivity index (χ3n) is 3.13. The molecule has 0 aliphatic rings. The Morgan fingerprint density at radius 1 is 1.21 bits per heavy atom. The van der Waals surface area contributed by atoms with E-state index in [1.54, 1.807) is 19.1 Å². The molecule has 0 spiro atoms. The lowest BCUT2D eigenvalue weighted by atomic mass is 10.1. The van der Waals surface area contributed by atoms with Gasteiger partial charge in [0.05, 0.1) is 13.7 Å². The molecule has 1 amide bonds. The summed E-state index contributed by atoms with van der Waals surface area (Å²) < 4.78 is 5.20. The molecule has 0 aromatic heterocycles. The first-order valence-corrected chi connectivity index (χ1v) is 6.14. The number of nitrogens with two attached hydrogens (primary N) is 1. The molecule has 4 nitrogen and oxygen atoms in total. The van der Waals surface area contributed by atoms with Crippen LogP contribution in [0.4, 0.5) is 0 Å². The monoisotopic (exact) mass is 258 g/mol. The number of likely N-dealkylation sites (N-methyl/N-ethyl adjacent to an activating group) is 1. The van der Waals surface area contributed by atoms with Crippen LogP contribution in [0.2, 0.25) is 0 Å². The molecule has 2 N–H and O–H groups in total. The van der Waals surface area contributed by atoms with Crippen LogP contribution in [0.25, 0.3) is 10.8 Å². The smallest absolute Gasteiger partial charge is 0.236 e. The quantitative estimate of drug-likeness (QED) is 0.909. The Labute approximate surface area is 112 Å². The van der Waals surface area contributed by atoms with Crippen molar-refractivity contribution in [1.29, 1.82) is 0 Å². The SMILES string of the molecule is COc1ccc2cc(CN(C)C(=O)CN)ccc2c1. The Morgan fingerprint density at radius 2 is 1.89 bits per heavy atom. The summed E-state index contributed by atoms with van der Waals surface area (Å²) in [5.41, 5.74) is 6.43. The van der Waals surface area contributed by atoms with Crippen molar-refractivity contribution >= 4 is 16.7 Å². The summed E-state index contributed by atoms with van der Waals surface area (Å²) in [5.74, 6) is 0.783. The van der Waals surface area contributed by atoms with Gasteiger partial charge in [-0.05, 0) is 34.5 Å². The van der Waals surface area contributed by atoms with Gasteiger partial charge in [-0.15, -0.1) is 0 Å². The van der Waals surface area contributed by atoms with Crippen molar-refractivity contribution in [2.45, 2.75) is 6.54 Å². The maximum atomic E-state index is 11.4. The topological polar surface area (TPSA) is 55.6 Å². The number of amides is 1. The Morgan fingerprint density at radius 3 is 2.58 bits per heavy atom. The summed E-state index contributed by atoms with van der Waals surface area (Å²) in [6.45, 7) is 0.610. The van der Waals surface area contributed by atoms with Crippen LogP contribution in [-0.2, 0) is 11.3 Å². The van der Waals surface area contributed by atoms with Crippen molar-refractivity contribution in [3.8, 4) is 5.75 Å². The van der Waals surface area contributed by atoms with Gasteiger partial charge in [0.1, 0.15) is 5.75 Å². The van der Waals surface area contributed by atoms with Gasteiger partial charge < -0.3 is 15.4 Å². The molecule has 2 aromatic rings. The van der Waals surface area contributed by atoms with Gasteiger partial charge in [-0.25, -0.2) is 0 Å². The van der Waals surface area contributed by atoms with Crippen LogP contribution in [0, 0.1) is 0 Å². The highest BCUT2D eigenvalue weighted by molar-refractivity contribution is 5.84. The Balaban J connectivity index is 2.24. The number of hydrogen-bond acceptors (Lipinski definition) is 3. The number of carbonyl (C=O) groups excluding carboxylic acids is 1. The molecule has 2 aromatic carbocycles. The zero-order valence-electron chi connectivity index (χ0n) is 11.2. The van der Waals surface area contributed by atoms with Gasteiger partial charge in [-0.2, -0.15) is 0 Å². The van der Waals surface area contributed by atoms with E-state index in [4.69, 9.17) is 10.5 Å². The molecule has 0 atom stereocenters. The van der Waals surface area contributed by atoms with E-state index in [1.807, 2.05) is 30.3 Å². The van der Waals surface area contributed by atoms with Gasteiger partial charge in [0.2, 0.25) is 5.91 Å². The standard InChI is InChI=1S/C15H18N2O2/c1-17(15(18)9-16)10-11-3-4-13-8-14(19-2)6-5-12(13)7-11/h3-8H,9-10,16H2,1-2H3. The third kappa shape index (κ3) is 3.03. The number of nitrogens with zero attached hydrogens (tertiary/aromatic N) is 1. The average Bonchev–Trinajstić information content (AvgIpc) is 2.45. The first-order chi connectivity index (χ1) is 9.13. The lowest BCUT2D eigenvalue weighted by molar-refractivity contribution is -0.128. The predicted molar refractivity (Wildman–Crippen MR) is 76.0 cm³/mol. The summed E-state index contributed by atoms with van der Waals surface area (Å²) in [7, 11) is 3.41. The fourth-order valence-electron chi connectivity index (χ4n) is 2.02. The molecule has 0 aliphatic carbocycles. The molecule has 0 saturated carbocycles. The fraction of sp³-hybridized carbons (Fsp3) is 0.267. The number of ether oxygens (including phenoxy) is 1. The maximum absolute atomic E-state index is 11.4. The van der Waals surface area contributed by atoms with Gasteiger partial charge in [0, 0.05) is 13.6 Å². The second kappa shape index (κ2) is 5.71. The normalized spacial score (nSPS) is 10.5. The van der Waals surface area contributed by atoms with Gasteiger partial charge in [0.25, 0.3) is 0 Å². The van der Waals surface area contributed by atoms with E-state index < -0.39 is 0 Å². The Bertz CT molecular complexity index is 596. The van der Waals surface area contributed by atoms with Gasteiger partial charge >= 0.3 is 0 Å². The third-order valence-corrected chi connectivity index (χ3v) is 3.13. The van der Waals surface area contributed by atoms with Gasteiger partial charge in [-0.3, -0.25) is 4.79 Å². The highest BCUT2D eigenvalue weighted by atomic mass is 16.5. The van der Waals surface area contributed by atoms with E-state index in [-0.39, 0.29) is 12.5 Å². The van der Waals surface area contributed by atoms with E-state index in [0.29, 0.717) is 6.54 Å². The summed E-state index contributed by atoms with van der Waals surface area (Å²) in [4.78, 5) is 13.1. The molecular weight excluding hydrogens is 240 g/mol. The number of carbonyl (C=O) groups is 1.